The number of hydrogen-bond acceptors (Lipinski definition) is 2. The fourth-order valence-corrected chi connectivity index (χ4v) is 1.43. The number of hydrogen-bond donors (Lipinski definition) is 1. The maximum Gasteiger partial charge on any atom is 0.101 e. The van der Waals surface area contributed by atoms with Gasteiger partial charge in [-0.2, -0.15) is 0 Å². The number of benzene rings is 1. The van der Waals surface area contributed by atoms with Crippen molar-refractivity contribution in [3.63, 3.8) is 0 Å². The molecular weight excluding hydrogens is 190 g/mol. The van der Waals surface area contributed by atoms with Gasteiger partial charge in [-0.25, -0.2) is 0 Å². The Balaban J connectivity index is 0.000000151. The quantitative estimate of drug-likeness (QED) is 0.688. The summed E-state index contributed by atoms with van der Waals surface area (Å²) in [5.74, 6) is 0.0718. The zero-order valence-electron chi connectivity index (χ0n) is 9.24. The van der Waals surface area contributed by atoms with Crippen molar-refractivity contribution in [2.45, 2.75) is 6.92 Å². The van der Waals surface area contributed by atoms with E-state index in [0.29, 0.717) is 0 Å². The van der Waals surface area contributed by atoms with E-state index in [4.69, 9.17) is 4.74 Å². The molecule has 1 aromatic rings. The van der Waals surface area contributed by atoms with Crippen molar-refractivity contribution < 1.29 is 14.7 Å². The first-order chi connectivity index (χ1) is 7.33. The highest BCUT2D eigenvalue weighted by molar-refractivity contribution is 5.17. The second kappa shape index (κ2) is 7.26. The number of rotatable bonds is 1. The Labute approximate surface area is 91.3 Å². The van der Waals surface area contributed by atoms with Crippen LogP contribution in [0.4, 0.5) is 0 Å². The van der Waals surface area contributed by atoms with Crippen molar-refractivity contribution in [1.82, 2.24) is 0 Å². The van der Waals surface area contributed by atoms with Crippen molar-refractivity contribution >= 4 is 0 Å². The Morgan fingerprint density at radius 1 is 1.20 bits per heavy atom. The highest BCUT2D eigenvalue weighted by Gasteiger charge is 2.09. The van der Waals surface area contributed by atoms with Gasteiger partial charge in [0, 0.05) is 0 Å². The molecule has 0 radical (unpaired) electrons. The molecular formula is C12H19NO2. The van der Waals surface area contributed by atoms with Crippen molar-refractivity contribution in [3.05, 3.63) is 30.3 Å². The lowest BCUT2D eigenvalue weighted by molar-refractivity contribution is -0.906. The maximum absolute atomic E-state index is 10.3. The minimum atomic E-state index is 0.0718. The third-order valence-electron chi connectivity index (χ3n) is 2.44. The second-order valence-electron chi connectivity index (χ2n) is 3.53. The summed E-state index contributed by atoms with van der Waals surface area (Å²) in [5, 5.41) is 10.3. The molecule has 1 saturated heterocycles. The molecule has 0 bridgehead atoms. The fraction of sp³-hybridized carbons (Fsp3) is 0.500. The second-order valence-corrected chi connectivity index (χ2v) is 3.53. The molecule has 84 valence electrons. The zero-order chi connectivity index (χ0) is 10.9. The lowest BCUT2D eigenvalue weighted by atomic mass is 10.3. The minimum absolute atomic E-state index is 0.0718. The molecule has 1 aliphatic rings. The van der Waals surface area contributed by atoms with Gasteiger partial charge in [0.05, 0.1) is 19.8 Å². The molecule has 15 heavy (non-hydrogen) atoms. The summed E-state index contributed by atoms with van der Waals surface area (Å²) in [6.07, 6.45) is 0. The van der Waals surface area contributed by atoms with Crippen LogP contribution in [0, 0.1) is 0 Å². The first kappa shape index (κ1) is 12.0. The molecule has 1 heterocycles. The molecule has 1 N–H and O–H groups in total. The smallest absolute Gasteiger partial charge is 0.101 e. The van der Waals surface area contributed by atoms with Gasteiger partial charge in [0.15, 0.2) is 0 Å². The Kier molecular flexibility index (Phi) is 5.81. The molecule has 0 spiro atoms. The van der Waals surface area contributed by atoms with Gasteiger partial charge < -0.3 is 14.7 Å². The SMILES string of the molecule is CC[NH+]1CCOCC1.[O-]c1ccccc1. The zero-order valence-corrected chi connectivity index (χ0v) is 9.24. The molecule has 0 aliphatic carbocycles. The molecule has 0 saturated carbocycles. The summed E-state index contributed by atoms with van der Waals surface area (Å²) in [5.41, 5.74) is 0. The average molecular weight is 209 g/mol. The van der Waals surface area contributed by atoms with E-state index in [2.05, 4.69) is 6.92 Å². The summed E-state index contributed by atoms with van der Waals surface area (Å²) in [6.45, 7) is 7.81. The number of ether oxygens (including phenoxy) is 1. The number of morpholine rings is 1. The summed E-state index contributed by atoms with van der Waals surface area (Å²) >= 11 is 0. The third kappa shape index (κ3) is 5.40. The Morgan fingerprint density at radius 3 is 2.13 bits per heavy atom. The van der Waals surface area contributed by atoms with Crippen molar-refractivity contribution in [2.75, 3.05) is 32.8 Å². The normalized spacial score (nSPS) is 16.6. The number of likely N-dealkylation sites (N-methyl/N-ethyl adjacent to an activating group) is 1. The molecule has 3 heteroatoms. The molecule has 1 aliphatic heterocycles. The van der Waals surface area contributed by atoms with Crippen molar-refractivity contribution in [1.29, 1.82) is 0 Å². The van der Waals surface area contributed by atoms with Gasteiger partial charge in [0.1, 0.15) is 13.1 Å². The first-order valence-electron chi connectivity index (χ1n) is 5.46. The van der Waals surface area contributed by atoms with Crippen LogP contribution in [-0.4, -0.2) is 32.8 Å². The van der Waals surface area contributed by atoms with Gasteiger partial charge >= 0.3 is 0 Å². The number of para-hydroxylation sites is 1. The van der Waals surface area contributed by atoms with Crippen LogP contribution in [0.1, 0.15) is 6.92 Å². The minimum Gasteiger partial charge on any atom is -0.872 e. The van der Waals surface area contributed by atoms with Crippen LogP contribution in [0.2, 0.25) is 0 Å². The lowest BCUT2D eigenvalue weighted by Crippen LogP contribution is -3.13. The highest BCUT2D eigenvalue weighted by atomic mass is 16.5. The van der Waals surface area contributed by atoms with Gasteiger partial charge in [0.2, 0.25) is 0 Å². The summed E-state index contributed by atoms with van der Waals surface area (Å²) in [6, 6.07) is 8.33. The van der Waals surface area contributed by atoms with E-state index in [1.54, 1.807) is 17.0 Å². The standard InChI is InChI=1S/C6H13NO.C6H6O/c1-2-7-3-5-8-6-4-7;7-6-4-2-1-3-5-6/h2-6H2,1H3;1-5,7H. The first-order valence-corrected chi connectivity index (χ1v) is 5.46. The molecule has 2 rings (SSSR count). The van der Waals surface area contributed by atoms with E-state index in [9.17, 15) is 5.11 Å². The highest BCUT2D eigenvalue weighted by Crippen LogP contribution is 1.98. The van der Waals surface area contributed by atoms with Crippen LogP contribution in [0.25, 0.3) is 0 Å². The van der Waals surface area contributed by atoms with E-state index in [-0.39, 0.29) is 5.75 Å². The monoisotopic (exact) mass is 209 g/mol. The van der Waals surface area contributed by atoms with Gasteiger partial charge in [0.25, 0.3) is 0 Å². The Hall–Kier alpha value is -1.06. The summed E-state index contributed by atoms with van der Waals surface area (Å²) < 4.78 is 5.18. The fourth-order valence-electron chi connectivity index (χ4n) is 1.43. The predicted molar refractivity (Wildman–Crippen MR) is 57.9 cm³/mol. The maximum atomic E-state index is 10.3. The van der Waals surface area contributed by atoms with E-state index >= 15 is 0 Å². The third-order valence-corrected chi connectivity index (χ3v) is 2.44. The van der Waals surface area contributed by atoms with E-state index in [0.717, 1.165) is 13.2 Å². The van der Waals surface area contributed by atoms with Gasteiger partial charge in [-0.3, -0.25) is 0 Å². The molecule has 0 amide bonds. The van der Waals surface area contributed by atoms with Crippen LogP contribution >= 0.6 is 0 Å². The van der Waals surface area contributed by atoms with Crippen LogP contribution in [-0.2, 0) is 4.74 Å². The molecule has 0 aromatic heterocycles. The number of nitrogens with one attached hydrogen (secondary N) is 1. The Morgan fingerprint density at radius 2 is 1.80 bits per heavy atom. The van der Waals surface area contributed by atoms with Gasteiger partial charge in [-0.15, -0.1) is 5.75 Å². The Bertz CT molecular complexity index is 245. The van der Waals surface area contributed by atoms with Gasteiger partial charge in [-0.1, -0.05) is 30.3 Å². The largest absolute Gasteiger partial charge is 0.872 e. The van der Waals surface area contributed by atoms with Crippen LogP contribution in [0.3, 0.4) is 0 Å². The average Bonchev–Trinajstić information content (AvgIpc) is 2.32. The molecule has 3 nitrogen and oxygen atoms in total. The summed E-state index contributed by atoms with van der Waals surface area (Å²) in [4.78, 5) is 1.68. The van der Waals surface area contributed by atoms with Crippen LogP contribution in [0.5, 0.6) is 5.75 Å². The van der Waals surface area contributed by atoms with E-state index < -0.39 is 0 Å². The lowest BCUT2D eigenvalue weighted by Gasteiger charge is -2.21. The molecule has 1 aromatic carbocycles. The van der Waals surface area contributed by atoms with E-state index in [1.807, 2.05) is 6.07 Å². The van der Waals surface area contributed by atoms with E-state index in [1.165, 1.54) is 31.8 Å². The molecule has 0 atom stereocenters. The summed E-state index contributed by atoms with van der Waals surface area (Å²) in [7, 11) is 0. The van der Waals surface area contributed by atoms with Crippen LogP contribution < -0.4 is 10.0 Å². The van der Waals surface area contributed by atoms with Crippen LogP contribution in [0.15, 0.2) is 30.3 Å². The van der Waals surface area contributed by atoms with Crippen molar-refractivity contribution in [2.24, 2.45) is 0 Å². The predicted octanol–water partition coefficient (Wildman–Crippen LogP) is -0.318. The molecule has 1 fully saturated rings. The van der Waals surface area contributed by atoms with Gasteiger partial charge in [-0.05, 0) is 6.92 Å². The molecule has 0 unspecified atom stereocenters. The number of quaternary nitrogens is 1. The van der Waals surface area contributed by atoms with Crippen molar-refractivity contribution in [3.8, 4) is 5.75 Å². The topological polar surface area (TPSA) is 36.7 Å².